The summed E-state index contributed by atoms with van der Waals surface area (Å²) in [4.78, 5) is 10.6. The minimum absolute atomic E-state index is 0.213. The summed E-state index contributed by atoms with van der Waals surface area (Å²) in [5, 5.41) is 9.74. The number of alkyl halides is 3. The summed E-state index contributed by atoms with van der Waals surface area (Å²) in [6, 6.07) is 6.48. The fourth-order valence-electron chi connectivity index (χ4n) is 1.25. The number of aliphatic carboxylic acids is 1. The van der Waals surface area contributed by atoms with E-state index in [1.165, 1.54) is 0 Å². The molecule has 0 spiro atoms. The second-order valence-electron chi connectivity index (χ2n) is 3.22. The Balaban J connectivity index is 2.70. The summed E-state index contributed by atoms with van der Waals surface area (Å²) in [5.41, 5.74) is 0.534. The van der Waals surface area contributed by atoms with E-state index in [2.05, 4.69) is 0 Å². The summed E-state index contributed by atoms with van der Waals surface area (Å²) < 4.78 is 36.0. The molecule has 0 unspecified atom stereocenters. The molecule has 0 aliphatic rings. The van der Waals surface area contributed by atoms with Crippen molar-refractivity contribution < 1.29 is 23.1 Å². The van der Waals surface area contributed by atoms with Gasteiger partial charge < -0.3 is 5.11 Å². The molecule has 0 aliphatic heterocycles. The number of hydrogen-bond donors (Lipinski definition) is 2. The van der Waals surface area contributed by atoms with Gasteiger partial charge in [-0.15, -0.1) is 0 Å². The van der Waals surface area contributed by atoms with Crippen LogP contribution in [0.5, 0.6) is 0 Å². The number of carboxylic acids is 1. The zero-order valence-corrected chi connectivity index (χ0v) is 8.16. The molecular formula is C10H10F3NO2. The number of rotatable bonds is 4. The van der Waals surface area contributed by atoms with Gasteiger partial charge >= 0.3 is 12.3 Å². The molecule has 0 amide bonds. The molecule has 6 heteroatoms. The third-order valence-corrected chi connectivity index (χ3v) is 1.92. The Morgan fingerprint density at radius 3 is 2.31 bits per heavy atom. The molecule has 0 aliphatic carbocycles. The van der Waals surface area contributed by atoms with Crippen LogP contribution in [0.1, 0.15) is 5.56 Å². The van der Waals surface area contributed by atoms with Crippen molar-refractivity contribution in [2.75, 3.05) is 0 Å². The lowest BCUT2D eigenvalue weighted by Crippen LogP contribution is -2.46. The summed E-state index contributed by atoms with van der Waals surface area (Å²) in [7, 11) is 0. The monoisotopic (exact) mass is 233 g/mol. The molecule has 1 atom stereocenters. The molecule has 88 valence electrons. The SMILES string of the molecule is O=C(O)[C@H](Cc1ccccc1)NC(F)(F)F. The smallest absolute Gasteiger partial charge is 0.457 e. The standard InChI is InChI=1S/C10H10F3NO2/c11-10(12,13)14-8(9(15)16)6-7-4-2-1-3-5-7/h1-5,8,14H,6H2,(H,15,16)/t8-/m0/s1. The van der Waals surface area contributed by atoms with Crippen molar-refractivity contribution in [1.82, 2.24) is 5.32 Å². The summed E-state index contributed by atoms with van der Waals surface area (Å²) in [5.74, 6) is -1.53. The van der Waals surface area contributed by atoms with Crippen LogP contribution >= 0.6 is 0 Å². The lowest BCUT2D eigenvalue weighted by Gasteiger charge is -2.16. The van der Waals surface area contributed by atoms with Gasteiger partial charge in [0.25, 0.3) is 0 Å². The van der Waals surface area contributed by atoms with E-state index in [4.69, 9.17) is 5.11 Å². The first kappa shape index (κ1) is 12.5. The van der Waals surface area contributed by atoms with Gasteiger partial charge in [-0.2, -0.15) is 13.2 Å². The van der Waals surface area contributed by atoms with Crippen LogP contribution in [-0.2, 0) is 11.2 Å². The van der Waals surface area contributed by atoms with E-state index in [1.807, 2.05) is 0 Å². The summed E-state index contributed by atoms with van der Waals surface area (Å²) in [6.45, 7) is 0. The highest BCUT2D eigenvalue weighted by molar-refractivity contribution is 5.73. The highest BCUT2D eigenvalue weighted by Crippen LogP contribution is 2.13. The quantitative estimate of drug-likeness (QED) is 0.779. The van der Waals surface area contributed by atoms with E-state index in [0.29, 0.717) is 5.56 Å². The van der Waals surface area contributed by atoms with Crippen LogP contribution in [0.3, 0.4) is 0 Å². The molecular weight excluding hydrogens is 223 g/mol. The van der Waals surface area contributed by atoms with Gasteiger partial charge in [-0.1, -0.05) is 30.3 Å². The first-order chi connectivity index (χ1) is 7.38. The van der Waals surface area contributed by atoms with Crippen molar-refractivity contribution in [2.24, 2.45) is 0 Å². The zero-order chi connectivity index (χ0) is 12.2. The maximum absolute atomic E-state index is 12.0. The average molecular weight is 233 g/mol. The van der Waals surface area contributed by atoms with Gasteiger partial charge in [-0.25, -0.2) is 5.32 Å². The third-order valence-electron chi connectivity index (χ3n) is 1.92. The highest BCUT2D eigenvalue weighted by Gasteiger charge is 2.34. The van der Waals surface area contributed by atoms with Crippen LogP contribution < -0.4 is 5.32 Å². The lowest BCUT2D eigenvalue weighted by molar-refractivity contribution is -0.174. The van der Waals surface area contributed by atoms with Gasteiger partial charge in [0, 0.05) is 0 Å². The van der Waals surface area contributed by atoms with Crippen LogP contribution in [0.2, 0.25) is 0 Å². The van der Waals surface area contributed by atoms with Crippen molar-refractivity contribution >= 4 is 5.97 Å². The molecule has 1 aromatic carbocycles. The van der Waals surface area contributed by atoms with Crippen molar-refractivity contribution in [1.29, 1.82) is 0 Å². The molecule has 0 radical (unpaired) electrons. The predicted octanol–water partition coefficient (Wildman–Crippen LogP) is 1.79. The van der Waals surface area contributed by atoms with Crippen LogP contribution in [-0.4, -0.2) is 23.4 Å². The fraction of sp³-hybridized carbons (Fsp3) is 0.300. The van der Waals surface area contributed by atoms with Gasteiger partial charge in [0.2, 0.25) is 0 Å². The van der Waals surface area contributed by atoms with Gasteiger partial charge in [0.05, 0.1) is 0 Å². The Kier molecular flexibility index (Phi) is 3.89. The molecule has 0 saturated carbocycles. The fourth-order valence-corrected chi connectivity index (χ4v) is 1.25. The molecule has 2 N–H and O–H groups in total. The summed E-state index contributed by atoms with van der Waals surface area (Å²) in [6.07, 6.45) is -4.91. The molecule has 1 aromatic rings. The third kappa shape index (κ3) is 4.31. The first-order valence-electron chi connectivity index (χ1n) is 4.49. The van der Waals surface area contributed by atoms with E-state index in [1.54, 1.807) is 30.3 Å². The number of carbonyl (C=O) groups is 1. The second-order valence-corrected chi connectivity index (χ2v) is 3.22. The first-order valence-corrected chi connectivity index (χ1v) is 4.49. The number of carboxylic acid groups (broad SMARTS) is 1. The van der Waals surface area contributed by atoms with E-state index >= 15 is 0 Å². The van der Waals surface area contributed by atoms with Crippen molar-refractivity contribution in [3.63, 3.8) is 0 Å². The van der Waals surface area contributed by atoms with Crippen molar-refractivity contribution in [2.45, 2.75) is 18.8 Å². The molecule has 0 aromatic heterocycles. The molecule has 0 heterocycles. The Bertz CT molecular complexity index is 351. The molecule has 0 bridgehead atoms. The topological polar surface area (TPSA) is 49.3 Å². The van der Waals surface area contributed by atoms with E-state index < -0.39 is 18.3 Å². The van der Waals surface area contributed by atoms with Crippen molar-refractivity contribution in [3.8, 4) is 0 Å². The van der Waals surface area contributed by atoms with Crippen LogP contribution in [0, 0.1) is 0 Å². The number of hydrogen-bond acceptors (Lipinski definition) is 2. The van der Waals surface area contributed by atoms with Crippen molar-refractivity contribution in [3.05, 3.63) is 35.9 Å². The lowest BCUT2D eigenvalue weighted by atomic mass is 10.1. The van der Waals surface area contributed by atoms with Crippen LogP contribution in [0.15, 0.2) is 30.3 Å². The van der Waals surface area contributed by atoms with Gasteiger partial charge in [-0.3, -0.25) is 4.79 Å². The Labute approximate surface area is 89.9 Å². The Morgan fingerprint density at radius 2 is 1.88 bits per heavy atom. The number of halogens is 3. The molecule has 3 nitrogen and oxygen atoms in total. The van der Waals surface area contributed by atoms with Gasteiger partial charge in [0.15, 0.2) is 0 Å². The molecule has 1 rings (SSSR count). The maximum atomic E-state index is 12.0. The van der Waals surface area contributed by atoms with Crippen LogP contribution in [0.25, 0.3) is 0 Å². The molecule has 16 heavy (non-hydrogen) atoms. The number of benzene rings is 1. The predicted molar refractivity (Wildman–Crippen MR) is 50.8 cm³/mol. The normalized spacial score (nSPS) is 13.4. The largest absolute Gasteiger partial charge is 0.480 e. The average Bonchev–Trinajstić information content (AvgIpc) is 2.16. The van der Waals surface area contributed by atoms with Gasteiger partial charge in [-0.05, 0) is 12.0 Å². The van der Waals surface area contributed by atoms with E-state index in [9.17, 15) is 18.0 Å². The Hall–Kier alpha value is -1.56. The van der Waals surface area contributed by atoms with E-state index in [-0.39, 0.29) is 6.42 Å². The Morgan fingerprint density at radius 1 is 1.31 bits per heavy atom. The molecule has 0 fully saturated rings. The van der Waals surface area contributed by atoms with Crippen LogP contribution in [0.4, 0.5) is 13.2 Å². The summed E-state index contributed by atoms with van der Waals surface area (Å²) >= 11 is 0. The number of nitrogens with one attached hydrogen (secondary N) is 1. The minimum Gasteiger partial charge on any atom is -0.480 e. The van der Waals surface area contributed by atoms with E-state index in [0.717, 1.165) is 5.32 Å². The molecule has 0 saturated heterocycles. The second kappa shape index (κ2) is 4.98. The zero-order valence-electron chi connectivity index (χ0n) is 8.16. The highest BCUT2D eigenvalue weighted by atomic mass is 19.4. The maximum Gasteiger partial charge on any atom is 0.457 e. The minimum atomic E-state index is -4.70. The van der Waals surface area contributed by atoms with Gasteiger partial charge in [0.1, 0.15) is 6.04 Å².